The van der Waals surface area contributed by atoms with Crippen LogP contribution in [0.15, 0.2) is 12.4 Å². The van der Waals surface area contributed by atoms with Gasteiger partial charge in [0.2, 0.25) is 0 Å². The highest BCUT2D eigenvalue weighted by Gasteiger charge is 2.17. The average Bonchev–Trinajstić information content (AvgIpc) is 2.37. The normalized spacial score (nSPS) is 20.4. The second-order valence-corrected chi connectivity index (χ2v) is 4.49. The van der Waals surface area contributed by atoms with E-state index in [0.29, 0.717) is 6.04 Å². The van der Waals surface area contributed by atoms with Crippen LogP contribution in [0.3, 0.4) is 0 Å². The van der Waals surface area contributed by atoms with E-state index < -0.39 is 0 Å². The molecule has 2 N–H and O–H groups in total. The van der Waals surface area contributed by atoms with Gasteiger partial charge in [-0.15, -0.1) is 0 Å². The minimum absolute atomic E-state index is 0.519. The van der Waals surface area contributed by atoms with E-state index in [2.05, 4.69) is 39.3 Å². The van der Waals surface area contributed by atoms with Crippen molar-refractivity contribution in [2.75, 3.05) is 36.4 Å². The summed E-state index contributed by atoms with van der Waals surface area (Å²) in [6.45, 7) is 8.33. The Kier molecular flexibility index (Phi) is 4.14. The monoisotopic (exact) mass is 235 g/mol. The highest BCUT2D eigenvalue weighted by atomic mass is 15.2. The molecule has 1 fully saturated rings. The quantitative estimate of drug-likeness (QED) is 0.818. The fourth-order valence-corrected chi connectivity index (χ4v) is 2.01. The summed E-state index contributed by atoms with van der Waals surface area (Å²) in [4.78, 5) is 10.9. The first-order valence-corrected chi connectivity index (χ1v) is 6.34. The first kappa shape index (κ1) is 12.1. The zero-order valence-electron chi connectivity index (χ0n) is 10.6. The molecule has 1 aliphatic heterocycles. The second kappa shape index (κ2) is 5.82. The lowest BCUT2D eigenvalue weighted by Crippen LogP contribution is -2.49. The summed E-state index contributed by atoms with van der Waals surface area (Å²) in [5.74, 6) is 1.94. The maximum absolute atomic E-state index is 4.35. The Bertz CT molecular complexity index is 355. The Labute approximate surface area is 103 Å². The van der Waals surface area contributed by atoms with Crippen LogP contribution in [0.1, 0.15) is 20.3 Å². The molecule has 5 nitrogen and oxygen atoms in total. The fraction of sp³-hybridized carbons (Fsp3) is 0.667. The third-order valence-corrected chi connectivity index (χ3v) is 2.90. The van der Waals surface area contributed by atoms with Gasteiger partial charge in [-0.1, -0.05) is 6.92 Å². The van der Waals surface area contributed by atoms with Crippen LogP contribution >= 0.6 is 0 Å². The number of piperazine rings is 1. The lowest BCUT2D eigenvalue weighted by atomic mass is 10.2. The zero-order valence-corrected chi connectivity index (χ0v) is 10.6. The van der Waals surface area contributed by atoms with E-state index in [1.165, 1.54) is 0 Å². The topological polar surface area (TPSA) is 53.1 Å². The molecule has 94 valence electrons. The van der Waals surface area contributed by atoms with Gasteiger partial charge in [0.15, 0.2) is 0 Å². The number of nitrogens with zero attached hydrogens (tertiary/aromatic N) is 3. The third-order valence-electron chi connectivity index (χ3n) is 2.90. The van der Waals surface area contributed by atoms with Crippen LogP contribution < -0.4 is 15.5 Å². The number of anilines is 2. The van der Waals surface area contributed by atoms with Crippen LogP contribution in [0.2, 0.25) is 0 Å². The molecular weight excluding hydrogens is 214 g/mol. The van der Waals surface area contributed by atoms with Gasteiger partial charge in [-0.25, -0.2) is 9.97 Å². The number of nitrogens with one attached hydrogen (secondary N) is 2. The van der Waals surface area contributed by atoms with Crippen LogP contribution in [0.25, 0.3) is 0 Å². The molecule has 0 unspecified atom stereocenters. The van der Waals surface area contributed by atoms with Gasteiger partial charge in [-0.2, -0.15) is 0 Å². The summed E-state index contributed by atoms with van der Waals surface area (Å²) in [7, 11) is 0. The molecule has 17 heavy (non-hydrogen) atoms. The second-order valence-electron chi connectivity index (χ2n) is 4.49. The maximum Gasteiger partial charge on any atom is 0.134 e. The largest absolute Gasteiger partial charge is 0.370 e. The van der Waals surface area contributed by atoms with Gasteiger partial charge < -0.3 is 15.5 Å². The Morgan fingerprint density at radius 3 is 3.18 bits per heavy atom. The predicted molar refractivity (Wildman–Crippen MR) is 70.5 cm³/mol. The van der Waals surface area contributed by atoms with E-state index in [-0.39, 0.29) is 0 Å². The van der Waals surface area contributed by atoms with Crippen molar-refractivity contribution < 1.29 is 0 Å². The summed E-state index contributed by atoms with van der Waals surface area (Å²) >= 11 is 0. The van der Waals surface area contributed by atoms with Gasteiger partial charge in [-0.05, 0) is 13.3 Å². The van der Waals surface area contributed by atoms with E-state index >= 15 is 0 Å². The van der Waals surface area contributed by atoms with E-state index in [1.54, 1.807) is 6.33 Å². The van der Waals surface area contributed by atoms with Crippen LogP contribution in [0.4, 0.5) is 11.6 Å². The number of hydrogen-bond acceptors (Lipinski definition) is 5. The number of rotatable bonds is 4. The van der Waals surface area contributed by atoms with Gasteiger partial charge >= 0.3 is 0 Å². The molecule has 1 aromatic heterocycles. The minimum Gasteiger partial charge on any atom is -0.370 e. The number of hydrogen-bond donors (Lipinski definition) is 2. The minimum atomic E-state index is 0.519. The maximum atomic E-state index is 4.35. The zero-order chi connectivity index (χ0) is 12.1. The van der Waals surface area contributed by atoms with Crippen molar-refractivity contribution >= 4 is 11.6 Å². The molecule has 5 heteroatoms. The van der Waals surface area contributed by atoms with Crippen molar-refractivity contribution in [2.24, 2.45) is 0 Å². The third kappa shape index (κ3) is 3.30. The van der Waals surface area contributed by atoms with Crippen molar-refractivity contribution in [3.8, 4) is 0 Å². The van der Waals surface area contributed by atoms with Crippen molar-refractivity contribution in [1.82, 2.24) is 15.3 Å². The summed E-state index contributed by atoms with van der Waals surface area (Å²) in [5.41, 5.74) is 0. The molecule has 2 heterocycles. The van der Waals surface area contributed by atoms with Crippen molar-refractivity contribution in [2.45, 2.75) is 26.3 Å². The molecular formula is C12H21N5. The summed E-state index contributed by atoms with van der Waals surface area (Å²) < 4.78 is 0. The molecule has 2 rings (SSSR count). The Balaban J connectivity index is 2.04. The summed E-state index contributed by atoms with van der Waals surface area (Å²) in [5, 5.41) is 6.72. The van der Waals surface area contributed by atoms with Crippen LogP contribution in [-0.4, -0.2) is 42.2 Å². The van der Waals surface area contributed by atoms with Crippen LogP contribution in [0, 0.1) is 0 Å². The van der Waals surface area contributed by atoms with Gasteiger partial charge in [0, 0.05) is 38.3 Å². The summed E-state index contributed by atoms with van der Waals surface area (Å²) in [6, 6.07) is 2.55. The average molecular weight is 235 g/mol. The molecule has 1 aromatic rings. The van der Waals surface area contributed by atoms with E-state index in [0.717, 1.165) is 44.2 Å². The van der Waals surface area contributed by atoms with Crippen molar-refractivity contribution in [3.63, 3.8) is 0 Å². The molecule has 0 aromatic carbocycles. The molecule has 1 atom stereocenters. The standard InChI is InChI=1S/C12H21N5/c1-3-4-14-11-7-12(16-9-15-11)17-6-5-13-10(2)8-17/h7,9-10,13H,3-6,8H2,1-2H3,(H,14,15,16)/t10-/m0/s1. The fourth-order valence-electron chi connectivity index (χ4n) is 2.01. The molecule has 0 radical (unpaired) electrons. The number of aromatic nitrogens is 2. The first-order valence-electron chi connectivity index (χ1n) is 6.34. The smallest absolute Gasteiger partial charge is 0.134 e. The van der Waals surface area contributed by atoms with Crippen LogP contribution in [0.5, 0.6) is 0 Å². The SMILES string of the molecule is CCCNc1cc(N2CCN[C@@H](C)C2)ncn1. The Morgan fingerprint density at radius 1 is 1.53 bits per heavy atom. The lowest BCUT2D eigenvalue weighted by Gasteiger charge is -2.32. The predicted octanol–water partition coefficient (Wildman–Crippen LogP) is 1.10. The van der Waals surface area contributed by atoms with Gasteiger partial charge in [0.05, 0.1) is 0 Å². The highest BCUT2D eigenvalue weighted by Crippen LogP contribution is 2.15. The Hall–Kier alpha value is -1.36. The molecule has 0 saturated carbocycles. The van der Waals surface area contributed by atoms with E-state index in [4.69, 9.17) is 0 Å². The lowest BCUT2D eigenvalue weighted by molar-refractivity contribution is 0.482. The molecule has 0 spiro atoms. The highest BCUT2D eigenvalue weighted by molar-refractivity contribution is 5.48. The van der Waals surface area contributed by atoms with Crippen molar-refractivity contribution in [1.29, 1.82) is 0 Å². The first-order chi connectivity index (χ1) is 8.29. The molecule has 0 bridgehead atoms. The summed E-state index contributed by atoms with van der Waals surface area (Å²) in [6.07, 6.45) is 2.74. The molecule has 0 amide bonds. The Morgan fingerprint density at radius 2 is 2.41 bits per heavy atom. The molecule has 1 saturated heterocycles. The van der Waals surface area contributed by atoms with E-state index in [1.807, 2.05) is 6.07 Å². The van der Waals surface area contributed by atoms with Gasteiger partial charge in [0.1, 0.15) is 18.0 Å². The molecule has 0 aliphatic carbocycles. The van der Waals surface area contributed by atoms with Crippen molar-refractivity contribution in [3.05, 3.63) is 12.4 Å². The van der Waals surface area contributed by atoms with Gasteiger partial charge in [0.25, 0.3) is 0 Å². The van der Waals surface area contributed by atoms with Crippen LogP contribution in [-0.2, 0) is 0 Å². The molecule has 1 aliphatic rings. The van der Waals surface area contributed by atoms with Gasteiger partial charge in [-0.3, -0.25) is 0 Å². The van der Waals surface area contributed by atoms with E-state index in [9.17, 15) is 0 Å².